The molecule has 7 heteroatoms. The van der Waals surface area contributed by atoms with Crippen LogP contribution < -0.4 is 5.32 Å². The van der Waals surface area contributed by atoms with Gasteiger partial charge in [-0.15, -0.1) is 0 Å². The van der Waals surface area contributed by atoms with Gasteiger partial charge < -0.3 is 14.6 Å². The highest BCUT2D eigenvalue weighted by Gasteiger charge is 2.13. The first-order chi connectivity index (χ1) is 14.5. The van der Waals surface area contributed by atoms with E-state index in [1.807, 2.05) is 18.2 Å². The van der Waals surface area contributed by atoms with Crippen molar-refractivity contribution in [3.05, 3.63) is 89.6 Å². The van der Waals surface area contributed by atoms with Gasteiger partial charge in [-0.25, -0.2) is 4.39 Å². The Morgan fingerprint density at radius 1 is 1.07 bits per heavy atom. The lowest BCUT2D eigenvalue weighted by Gasteiger charge is -2.16. The highest BCUT2D eigenvalue weighted by atomic mass is 32.2. The lowest BCUT2D eigenvalue weighted by Crippen LogP contribution is -2.27. The van der Waals surface area contributed by atoms with Crippen LogP contribution in [0.1, 0.15) is 28.3 Å². The number of carbonyl (C=O) groups is 1. The van der Waals surface area contributed by atoms with E-state index in [9.17, 15) is 13.4 Å². The molecule has 1 aromatic heterocycles. The number of amides is 1. The van der Waals surface area contributed by atoms with Crippen LogP contribution in [-0.4, -0.2) is 35.2 Å². The number of nitrogens with one attached hydrogen (secondary N) is 1. The van der Waals surface area contributed by atoms with Gasteiger partial charge in [0.1, 0.15) is 11.6 Å². The fourth-order valence-corrected chi connectivity index (χ4v) is 4.01. The Kier molecular flexibility index (Phi) is 7.93. The number of nitrogens with zero attached hydrogens (tertiary/aromatic N) is 1. The van der Waals surface area contributed by atoms with E-state index in [-0.39, 0.29) is 23.2 Å². The molecule has 2 aromatic carbocycles. The van der Waals surface area contributed by atoms with Crippen molar-refractivity contribution in [1.29, 1.82) is 0 Å². The molecule has 1 amide bonds. The number of halogens is 1. The molecular formula is C23H25FN2O3S. The summed E-state index contributed by atoms with van der Waals surface area (Å²) in [5.74, 6) is 0.103. The molecule has 5 nitrogen and oxygen atoms in total. The Labute approximate surface area is 178 Å². The largest absolute Gasteiger partial charge is 0.455 e. The Morgan fingerprint density at radius 2 is 1.80 bits per heavy atom. The van der Waals surface area contributed by atoms with Crippen molar-refractivity contribution in [2.75, 3.05) is 20.1 Å². The monoisotopic (exact) mass is 428 g/mol. The van der Waals surface area contributed by atoms with E-state index in [0.717, 1.165) is 19.5 Å². The molecule has 0 fully saturated rings. The first-order valence-corrected chi connectivity index (χ1v) is 11.1. The van der Waals surface area contributed by atoms with Crippen molar-refractivity contribution in [3.8, 4) is 0 Å². The van der Waals surface area contributed by atoms with E-state index in [1.165, 1.54) is 29.8 Å². The van der Waals surface area contributed by atoms with Crippen LogP contribution in [0.5, 0.6) is 0 Å². The Morgan fingerprint density at radius 3 is 2.53 bits per heavy atom. The third-order valence-electron chi connectivity index (χ3n) is 4.53. The summed E-state index contributed by atoms with van der Waals surface area (Å²) in [6, 6.07) is 19.0. The minimum Gasteiger partial charge on any atom is -0.455 e. The maximum Gasteiger partial charge on any atom is 0.286 e. The van der Waals surface area contributed by atoms with Crippen LogP contribution in [-0.2, 0) is 23.1 Å². The molecular weight excluding hydrogens is 403 g/mol. The molecule has 0 aliphatic heterocycles. The van der Waals surface area contributed by atoms with Crippen molar-refractivity contribution in [2.24, 2.45) is 0 Å². The number of benzene rings is 2. The second-order valence-corrected chi connectivity index (χ2v) is 8.49. The normalized spacial score (nSPS) is 12.1. The number of hydrogen-bond acceptors (Lipinski definition) is 4. The van der Waals surface area contributed by atoms with E-state index in [2.05, 4.69) is 29.4 Å². The lowest BCUT2D eigenvalue weighted by molar-refractivity contribution is 0.0922. The SMILES string of the molecule is CN(CCCNC(=O)c1ccc(CS(=O)c2ccc(F)cc2)o1)Cc1ccccc1. The summed E-state index contributed by atoms with van der Waals surface area (Å²) in [7, 11) is 0.681. The molecule has 1 atom stereocenters. The number of rotatable bonds is 10. The Hall–Kier alpha value is -2.77. The number of furan rings is 1. The molecule has 0 aliphatic carbocycles. The van der Waals surface area contributed by atoms with Crippen LogP contribution in [0.3, 0.4) is 0 Å². The topological polar surface area (TPSA) is 62.6 Å². The second-order valence-electron chi connectivity index (χ2n) is 7.04. The van der Waals surface area contributed by atoms with Crippen molar-refractivity contribution >= 4 is 16.7 Å². The van der Waals surface area contributed by atoms with Gasteiger partial charge in [0.2, 0.25) is 0 Å². The molecule has 3 rings (SSSR count). The highest BCUT2D eigenvalue weighted by Crippen LogP contribution is 2.15. The first-order valence-electron chi connectivity index (χ1n) is 9.74. The van der Waals surface area contributed by atoms with Gasteiger partial charge in [0, 0.05) is 18.0 Å². The number of carbonyl (C=O) groups excluding carboxylic acids is 1. The van der Waals surface area contributed by atoms with Crippen LogP contribution in [0.2, 0.25) is 0 Å². The molecule has 0 spiro atoms. The van der Waals surface area contributed by atoms with Crippen LogP contribution >= 0.6 is 0 Å². The van der Waals surface area contributed by atoms with Crippen molar-refractivity contribution < 1.29 is 17.8 Å². The minimum atomic E-state index is -1.37. The van der Waals surface area contributed by atoms with Crippen LogP contribution in [0, 0.1) is 5.82 Å². The zero-order valence-corrected chi connectivity index (χ0v) is 17.7. The average molecular weight is 429 g/mol. The highest BCUT2D eigenvalue weighted by molar-refractivity contribution is 7.84. The molecule has 0 aliphatic rings. The maximum atomic E-state index is 13.0. The van der Waals surface area contributed by atoms with Crippen LogP contribution in [0.4, 0.5) is 4.39 Å². The summed E-state index contributed by atoms with van der Waals surface area (Å²) in [6.07, 6.45) is 0.817. The van der Waals surface area contributed by atoms with Gasteiger partial charge in [0.15, 0.2) is 5.76 Å². The molecule has 1 unspecified atom stereocenters. The standard InChI is InChI=1S/C23H25FN2O3S/c1-26(16-18-6-3-2-4-7-18)15-5-14-25-23(27)22-13-10-20(29-22)17-30(28)21-11-8-19(24)9-12-21/h2-4,6-13H,5,14-17H2,1H3,(H,25,27). The van der Waals surface area contributed by atoms with Gasteiger partial charge in [-0.2, -0.15) is 0 Å². The fourth-order valence-electron chi connectivity index (χ4n) is 2.99. The first kappa shape index (κ1) is 21.9. The summed E-state index contributed by atoms with van der Waals surface area (Å²) in [6.45, 7) is 2.26. The van der Waals surface area contributed by atoms with Crippen LogP contribution in [0.15, 0.2) is 76.0 Å². The third kappa shape index (κ3) is 6.64. The summed E-state index contributed by atoms with van der Waals surface area (Å²) in [5, 5.41) is 2.85. The Bertz CT molecular complexity index is 974. The number of hydrogen-bond donors (Lipinski definition) is 1. The summed E-state index contributed by atoms with van der Waals surface area (Å²) < 4.78 is 30.8. The van der Waals surface area contributed by atoms with Gasteiger partial charge in [-0.1, -0.05) is 30.3 Å². The van der Waals surface area contributed by atoms with Crippen molar-refractivity contribution in [1.82, 2.24) is 10.2 Å². The summed E-state index contributed by atoms with van der Waals surface area (Å²) >= 11 is 0. The van der Waals surface area contributed by atoms with Gasteiger partial charge in [-0.05, 0) is 62.0 Å². The van der Waals surface area contributed by atoms with E-state index >= 15 is 0 Å². The molecule has 1 N–H and O–H groups in total. The zero-order chi connectivity index (χ0) is 21.3. The minimum absolute atomic E-state index is 0.128. The van der Waals surface area contributed by atoms with Crippen LogP contribution in [0.25, 0.3) is 0 Å². The smallest absolute Gasteiger partial charge is 0.286 e. The Balaban J connectivity index is 1.40. The zero-order valence-electron chi connectivity index (χ0n) is 16.8. The van der Waals surface area contributed by atoms with E-state index in [4.69, 9.17) is 4.42 Å². The third-order valence-corrected chi connectivity index (χ3v) is 5.88. The van der Waals surface area contributed by atoms with Gasteiger partial charge >= 0.3 is 0 Å². The van der Waals surface area contributed by atoms with E-state index in [1.54, 1.807) is 12.1 Å². The molecule has 158 valence electrons. The van der Waals surface area contributed by atoms with E-state index in [0.29, 0.717) is 17.2 Å². The quantitative estimate of drug-likeness (QED) is 0.496. The lowest BCUT2D eigenvalue weighted by atomic mass is 10.2. The summed E-state index contributed by atoms with van der Waals surface area (Å²) in [4.78, 5) is 15.0. The van der Waals surface area contributed by atoms with Crippen molar-refractivity contribution in [3.63, 3.8) is 0 Å². The molecule has 0 radical (unpaired) electrons. The maximum absolute atomic E-state index is 13.0. The molecule has 3 aromatic rings. The average Bonchev–Trinajstić information content (AvgIpc) is 3.21. The molecule has 0 bridgehead atoms. The molecule has 30 heavy (non-hydrogen) atoms. The predicted octanol–water partition coefficient (Wildman–Crippen LogP) is 3.98. The van der Waals surface area contributed by atoms with Gasteiger partial charge in [-0.3, -0.25) is 9.00 Å². The molecule has 0 saturated carbocycles. The van der Waals surface area contributed by atoms with Gasteiger partial charge in [0.05, 0.1) is 16.6 Å². The predicted molar refractivity (Wildman–Crippen MR) is 115 cm³/mol. The second kappa shape index (κ2) is 10.8. The summed E-state index contributed by atoms with van der Waals surface area (Å²) in [5.41, 5.74) is 1.25. The molecule has 1 heterocycles. The fraction of sp³-hybridized carbons (Fsp3) is 0.261. The van der Waals surface area contributed by atoms with Crippen molar-refractivity contribution in [2.45, 2.75) is 23.6 Å². The molecule has 0 saturated heterocycles. The van der Waals surface area contributed by atoms with E-state index < -0.39 is 10.8 Å². The van der Waals surface area contributed by atoms with Gasteiger partial charge in [0.25, 0.3) is 5.91 Å².